The third-order valence-corrected chi connectivity index (χ3v) is 6.75. The van der Waals surface area contributed by atoms with E-state index in [1.807, 2.05) is 12.1 Å². The van der Waals surface area contributed by atoms with Gasteiger partial charge in [0.1, 0.15) is 0 Å². The molecule has 1 aromatic heterocycles. The lowest BCUT2D eigenvalue weighted by Gasteiger charge is -2.34. The highest BCUT2D eigenvalue weighted by atomic mass is 35.5. The summed E-state index contributed by atoms with van der Waals surface area (Å²) in [5.74, 6) is 0.146. The van der Waals surface area contributed by atoms with Crippen molar-refractivity contribution < 1.29 is 13.2 Å². The van der Waals surface area contributed by atoms with Crippen molar-refractivity contribution in [3.8, 4) is 0 Å². The molecule has 25 heavy (non-hydrogen) atoms. The van der Waals surface area contributed by atoms with Crippen molar-refractivity contribution >= 4 is 27.3 Å². The zero-order chi connectivity index (χ0) is 17.9. The summed E-state index contributed by atoms with van der Waals surface area (Å²) in [7, 11) is -2.97. The Labute approximate surface area is 153 Å². The number of halogens is 1. The SMILES string of the molecule is O=C(CN1CCN(Cc2ncccc2Cl)CC1)NC1CCS(=O)(=O)C1. The van der Waals surface area contributed by atoms with E-state index >= 15 is 0 Å². The highest BCUT2D eigenvalue weighted by Gasteiger charge is 2.29. The van der Waals surface area contributed by atoms with Gasteiger partial charge in [-0.15, -0.1) is 0 Å². The standard InChI is InChI=1S/C16H23ClN4O3S/c17-14-2-1-4-18-15(14)10-20-5-7-21(8-6-20)11-16(22)19-13-3-9-25(23,24)12-13/h1-2,4,13H,3,5-12H2,(H,19,22). The van der Waals surface area contributed by atoms with Gasteiger partial charge in [-0.05, 0) is 18.6 Å². The molecule has 3 heterocycles. The van der Waals surface area contributed by atoms with E-state index in [2.05, 4.69) is 20.1 Å². The summed E-state index contributed by atoms with van der Waals surface area (Å²) in [6.07, 6.45) is 2.26. The van der Waals surface area contributed by atoms with E-state index in [4.69, 9.17) is 11.6 Å². The number of rotatable bonds is 5. The van der Waals surface area contributed by atoms with Crippen LogP contribution in [0.2, 0.25) is 5.02 Å². The van der Waals surface area contributed by atoms with Crippen LogP contribution in [0.15, 0.2) is 18.3 Å². The number of hydrogen-bond acceptors (Lipinski definition) is 6. The Morgan fingerprint density at radius 3 is 2.64 bits per heavy atom. The van der Waals surface area contributed by atoms with Crippen LogP contribution >= 0.6 is 11.6 Å². The topological polar surface area (TPSA) is 82.6 Å². The van der Waals surface area contributed by atoms with Gasteiger partial charge in [0.05, 0.1) is 28.8 Å². The second kappa shape index (κ2) is 7.99. The predicted octanol–water partition coefficient (Wildman–Crippen LogP) is 0.156. The monoisotopic (exact) mass is 386 g/mol. The minimum absolute atomic E-state index is 0.0668. The molecule has 0 aromatic carbocycles. The van der Waals surface area contributed by atoms with Crippen LogP contribution in [0.4, 0.5) is 0 Å². The minimum atomic E-state index is -2.97. The van der Waals surface area contributed by atoms with Crippen LogP contribution in [0.5, 0.6) is 0 Å². The second-order valence-electron chi connectivity index (χ2n) is 6.65. The van der Waals surface area contributed by atoms with Gasteiger partial charge in [-0.1, -0.05) is 11.6 Å². The zero-order valence-electron chi connectivity index (χ0n) is 14.0. The quantitative estimate of drug-likeness (QED) is 0.776. The Hall–Kier alpha value is -1.22. The van der Waals surface area contributed by atoms with Crippen LogP contribution in [0.25, 0.3) is 0 Å². The molecule has 1 aromatic rings. The summed E-state index contributed by atoms with van der Waals surface area (Å²) in [5, 5.41) is 3.52. The molecule has 1 atom stereocenters. The van der Waals surface area contributed by atoms with E-state index in [1.54, 1.807) is 6.20 Å². The van der Waals surface area contributed by atoms with Gasteiger partial charge in [0.25, 0.3) is 0 Å². The van der Waals surface area contributed by atoms with Crippen molar-refractivity contribution in [3.05, 3.63) is 29.0 Å². The smallest absolute Gasteiger partial charge is 0.234 e. The van der Waals surface area contributed by atoms with Gasteiger partial charge >= 0.3 is 0 Å². The Morgan fingerprint density at radius 1 is 1.28 bits per heavy atom. The molecule has 2 aliphatic rings. The molecule has 1 amide bonds. The van der Waals surface area contributed by atoms with E-state index in [9.17, 15) is 13.2 Å². The normalized spacial score (nSPS) is 24.3. The average molecular weight is 387 g/mol. The zero-order valence-corrected chi connectivity index (χ0v) is 15.6. The molecule has 9 heteroatoms. The Bertz CT molecular complexity index is 720. The molecule has 0 bridgehead atoms. The summed E-state index contributed by atoms with van der Waals surface area (Å²) in [4.78, 5) is 20.8. The fourth-order valence-electron chi connectivity index (χ4n) is 3.24. The van der Waals surface area contributed by atoms with E-state index in [-0.39, 0.29) is 23.5 Å². The average Bonchev–Trinajstić information content (AvgIpc) is 2.90. The number of aromatic nitrogens is 1. The molecule has 3 rings (SSSR count). The minimum Gasteiger partial charge on any atom is -0.351 e. The summed E-state index contributed by atoms with van der Waals surface area (Å²) in [6.45, 7) is 4.30. The molecule has 0 spiro atoms. The Morgan fingerprint density at radius 2 is 2.00 bits per heavy atom. The second-order valence-corrected chi connectivity index (χ2v) is 9.29. The first-order valence-corrected chi connectivity index (χ1v) is 10.6. The van der Waals surface area contributed by atoms with Gasteiger partial charge in [-0.25, -0.2) is 8.42 Å². The summed E-state index contributed by atoms with van der Waals surface area (Å²) >= 11 is 6.15. The number of nitrogens with one attached hydrogen (secondary N) is 1. The van der Waals surface area contributed by atoms with Gasteiger partial charge in [-0.2, -0.15) is 0 Å². The fourth-order valence-corrected chi connectivity index (χ4v) is 5.09. The molecule has 1 unspecified atom stereocenters. The van der Waals surface area contributed by atoms with E-state index in [0.29, 0.717) is 24.5 Å². The van der Waals surface area contributed by atoms with Crippen molar-refractivity contribution in [1.29, 1.82) is 0 Å². The number of nitrogens with zero attached hydrogens (tertiary/aromatic N) is 3. The number of carbonyl (C=O) groups excluding carboxylic acids is 1. The van der Waals surface area contributed by atoms with Crippen LogP contribution in [-0.2, 0) is 21.2 Å². The molecule has 2 aliphatic heterocycles. The van der Waals surface area contributed by atoms with Crippen LogP contribution in [0, 0.1) is 0 Å². The van der Waals surface area contributed by atoms with E-state index in [0.717, 1.165) is 31.9 Å². The highest BCUT2D eigenvalue weighted by molar-refractivity contribution is 7.91. The first-order chi connectivity index (χ1) is 11.9. The maximum absolute atomic E-state index is 12.1. The van der Waals surface area contributed by atoms with Gasteiger partial charge in [0.15, 0.2) is 9.84 Å². The summed E-state index contributed by atoms with van der Waals surface area (Å²) in [6, 6.07) is 3.43. The number of pyridine rings is 1. The number of carbonyl (C=O) groups is 1. The van der Waals surface area contributed by atoms with Crippen molar-refractivity contribution in [2.75, 3.05) is 44.2 Å². The fraction of sp³-hybridized carbons (Fsp3) is 0.625. The highest BCUT2D eigenvalue weighted by Crippen LogP contribution is 2.15. The lowest BCUT2D eigenvalue weighted by atomic mass is 10.2. The van der Waals surface area contributed by atoms with E-state index in [1.165, 1.54) is 0 Å². The van der Waals surface area contributed by atoms with E-state index < -0.39 is 9.84 Å². The third kappa shape index (κ3) is 5.37. The molecule has 2 saturated heterocycles. The van der Waals surface area contributed by atoms with Crippen molar-refractivity contribution in [1.82, 2.24) is 20.1 Å². The first-order valence-electron chi connectivity index (χ1n) is 8.45. The molecule has 7 nitrogen and oxygen atoms in total. The van der Waals surface area contributed by atoms with Crippen LogP contribution in [0.1, 0.15) is 12.1 Å². The summed E-state index contributed by atoms with van der Waals surface area (Å²) < 4.78 is 22.9. The molecule has 0 aliphatic carbocycles. The van der Waals surface area contributed by atoms with Gasteiger partial charge in [0.2, 0.25) is 5.91 Å². The Kier molecular flexibility index (Phi) is 5.93. The van der Waals surface area contributed by atoms with Crippen LogP contribution < -0.4 is 5.32 Å². The molecule has 0 radical (unpaired) electrons. The summed E-state index contributed by atoms with van der Waals surface area (Å²) in [5.41, 5.74) is 0.873. The number of sulfone groups is 1. The predicted molar refractivity (Wildman–Crippen MR) is 96.2 cm³/mol. The molecule has 0 saturated carbocycles. The maximum Gasteiger partial charge on any atom is 0.234 e. The van der Waals surface area contributed by atoms with Crippen LogP contribution in [0.3, 0.4) is 0 Å². The Balaban J connectivity index is 1.40. The van der Waals surface area contributed by atoms with Gasteiger partial charge < -0.3 is 5.32 Å². The van der Waals surface area contributed by atoms with Crippen molar-refractivity contribution in [3.63, 3.8) is 0 Å². The van der Waals surface area contributed by atoms with Gasteiger partial charge in [0, 0.05) is 45.0 Å². The first kappa shape index (κ1) is 18.6. The molecule has 138 valence electrons. The maximum atomic E-state index is 12.1. The third-order valence-electron chi connectivity index (χ3n) is 4.64. The molecule has 2 fully saturated rings. The van der Waals surface area contributed by atoms with Crippen molar-refractivity contribution in [2.45, 2.75) is 19.0 Å². The molecular formula is C16H23ClN4O3S. The number of piperazine rings is 1. The lowest BCUT2D eigenvalue weighted by molar-refractivity contribution is -0.123. The number of hydrogen-bond donors (Lipinski definition) is 1. The molecular weight excluding hydrogens is 364 g/mol. The number of amides is 1. The lowest BCUT2D eigenvalue weighted by Crippen LogP contribution is -2.50. The largest absolute Gasteiger partial charge is 0.351 e. The van der Waals surface area contributed by atoms with Gasteiger partial charge in [-0.3, -0.25) is 19.6 Å². The van der Waals surface area contributed by atoms with Crippen LogP contribution in [-0.4, -0.2) is 79.4 Å². The molecule has 1 N–H and O–H groups in total. The van der Waals surface area contributed by atoms with Crippen molar-refractivity contribution in [2.24, 2.45) is 0 Å².